The van der Waals surface area contributed by atoms with Gasteiger partial charge in [0.1, 0.15) is 11.5 Å². The number of ether oxygens (including phenoxy) is 1. The fourth-order valence-corrected chi connectivity index (χ4v) is 2.33. The van der Waals surface area contributed by atoms with Gasteiger partial charge in [0, 0.05) is 35.1 Å². The number of nitro benzene ring substituents is 1. The first-order valence-electron chi connectivity index (χ1n) is 7.57. The van der Waals surface area contributed by atoms with Crippen molar-refractivity contribution in [2.24, 2.45) is 0 Å². The fraction of sp³-hybridized carbons (Fsp3) is 0.235. The van der Waals surface area contributed by atoms with Gasteiger partial charge in [0.15, 0.2) is 0 Å². The van der Waals surface area contributed by atoms with Gasteiger partial charge < -0.3 is 15.2 Å². The van der Waals surface area contributed by atoms with Gasteiger partial charge in [0.25, 0.3) is 5.69 Å². The first-order valence-corrected chi connectivity index (χ1v) is 8.36. The van der Waals surface area contributed by atoms with E-state index in [2.05, 4.69) is 21.2 Å². The molecule has 1 amide bonds. The first kappa shape index (κ1) is 18.7. The standard InChI is InChI=1S/C17H17BrN2O5/c18-13-3-6-15(7-4-13)25-9-1-2-17(22)19-11-12-10-14(20(23)24)5-8-16(12)21/h3-8,10,21H,1-2,9,11H2,(H,19,22). The molecular formula is C17H17BrN2O5. The third kappa shape index (κ3) is 6.07. The van der Waals surface area contributed by atoms with E-state index >= 15 is 0 Å². The molecule has 8 heteroatoms. The Bertz CT molecular complexity index is 749. The number of aromatic hydroxyl groups is 1. The number of nitro groups is 1. The van der Waals surface area contributed by atoms with Crippen LogP contribution in [0.2, 0.25) is 0 Å². The number of halogens is 1. The van der Waals surface area contributed by atoms with Gasteiger partial charge in [-0.1, -0.05) is 15.9 Å². The van der Waals surface area contributed by atoms with Crippen LogP contribution in [0.4, 0.5) is 5.69 Å². The van der Waals surface area contributed by atoms with E-state index in [1.165, 1.54) is 18.2 Å². The Morgan fingerprint density at radius 2 is 1.96 bits per heavy atom. The van der Waals surface area contributed by atoms with Crippen molar-refractivity contribution in [2.75, 3.05) is 6.61 Å². The molecule has 0 atom stereocenters. The highest BCUT2D eigenvalue weighted by atomic mass is 79.9. The molecular weight excluding hydrogens is 392 g/mol. The predicted molar refractivity (Wildman–Crippen MR) is 95.5 cm³/mol. The minimum Gasteiger partial charge on any atom is -0.508 e. The lowest BCUT2D eigenvalue weighted by Crippen LogP contribution is -2.23. The second-order valence-corrected chi connectivity index (χ2v) is 6.17. The molecule has 0 saturated heterocycles. The summed E-state index contributed by atoms with van der Waals surface area (Å²) in [6.45, 7) is 0.428. The van der Waals surface area contributed by atoms with Crippen molar-refractivity contribution in [3.63, 3.8) is 0 Å². The molecule has 0 unspecified atom stereocenters. The minimum atomic E-state index is -0.551. The molecule has 2 aromatic carbocycles. The van der Waals surface area contributed by atoms with Gasteiger partial charge in [-0.3, -0.25) is 14.9 Å². The van der Waals surface area contributed by atoms with Gasteiger partial charge in [-0.15, -0.1) is 0 Å². The topological polar surface area (TPSA) is 102 Å². The monoisotopic (exact) mass is 408 g/mol. The van der Waals surface area contributed by atoms with Crippen LogP contribution in [-0.2, 0) is 11.3 Å². The van der Waals surface area contributed by atoms with Crippen molar-refractivity contribution >= 4 is 27.5 Å². The van der Waals surface area contributed by atoms with Crippen LogP contribution in [0.25, 0.3) is 0 Å². The fourth-order valence-electron chi connectivity index (χ4n) is 2.06. The molecule has 2 aromatic rings. The largest absolute Gasteiger partial charge is 0.508 e. The molecule has 0 spiro atoms. The summed E-state index contributed by atoms with van der Waals surface area (Å²) in [6, 6.07) is 11.1. The van der Waals surface area contributed by atoms with E-state index in [-0.39, 0.29) is 30.3 Å². The van der Waals surface area contributed by atoms with E-state index in [1.807, 2.05) is 24.3 Å². The van der Waals surface area contributed by atoms with Crippen LogP contribution >= 0.6 is 15.9 Å². The maximum atomic E-state index is 11.8. The number of phenols is 1. The lowest BCUT2D eigenvalue weighted by molar-refractivity contribution is -0.384. The Labute approximate surface area is 152 Å². The van der Waals surface area contributed by atoms with E-state index < -0.39 is 4.92 Å². The number of rotatable bonds is 8. The van der Waals surface area contributed by atoms with E-state index in [9.17, 15) is 20.0 Å². The molecule has 0 heterocycles. The van der Waals surface area contributed by atoms with Crippen LogP contribution in [0.5, 0.6) is 11.5 Å². The maximum absolute atomic E-state index is 11.8. The smallest absolute Gasteiger partial charge is 0.270 e. The molecule has 25 heavy (non-hydrogen) atoms. The van der Waals surface area contributed by atoms with Crippen molar-refractivity contribution in [1.82, 2.24) is 5.32 Å². The highest BCUT2D eigenvalue weighted by molar-refractivity contribution is 9.10. The van der Waals surface area contributed by atoms with Crippen LogP contribution in [0.15, 0.2) is 46.9 Å². The molecule has 0 bridgehead atoms. The lowest BCUT2D eigenvalue weighted by atomic mass is 10.1. The molecule has 0 aliphatic carbocycles. The average Bonchev–Trinajstić information content (AvgIpc) is 2.59. The highest BCUT2D eigenvalue weighted by Gasteiger charge is 2.11. The first-order chi connectivity index (χ1) is 12.0. The number of hydrogen-bond donors (Lipinski definition) is 2. The summed E-state index contributed by atoms with van der Waals surface area (Å²) in [5, 5.41) is 23.1. The molecule has 0 fully saturated rings. The van der Waals surface area contributed by atoms with Crippen molar-refractivity contribution < 1.29 is 19.6 Å². The predicted octanol–water partition coefficient (Wildman–Crippen LogP) is 3.54. The van der Waals surface area contributed by atoms with Crippen LogP contribution in [0, 0.1) is 10.1 Å². The zero-order valence-electron chi connectivity index (χ0n) is 13.3. The van der Waals surface area contributed by atoms with Crippen molar-refractivity contribution in [3.8, 4) is 11.5 Å². The third-order valence-electron chi connectivity index (χ3n) is 3.38. The molecule has 7 nitrogen and oxygen atoms in total. The summed E-state index contributed by atoms with van der Waals surface area (Å²) in [4.78, 5) is 22.0. The van der Waals surface area contributed by atoms with Crippen LogP contribution in [-0.4, -0.2) is 22.5 Å². The molecule has 2 rings (SSSR count). The number of phenolic OH excluding ortho intramolecular Hbond substituents is 1. The highest BCUT2D eigenvalue weighted by Crippen LogP contribution is 2.22. The second kappa shape index (κ2) is 9.03. The van der Waals surface area contributed by atoms with Crippen LogP contribution in [0.1, 0.15) is 18.4 Å². The Balaban J connectivity index is 1.73. The summed E-state index contributed by atoms with van der Waals surface area (Å²) >= 11 is 3.34. The van der Waals surface area contributed by atoms with E-state index in [0.29, 0.717) is 18.6 Å². The molecule has 132 valence electrons. The van der Waals surface area contributed by atoms with Crippen molar-refractivity contribution in [2.45, 2.75) is 19.4 Å². The summed E-state index contributed by atoms with van der Waals surface area (Å²) < 4.78 is 6.48. The number of nitrogens with zero attached hydrogens (tertiary/aromatic N) is 1. The zero-order valence-corrected chi connectivity index (χ0v) is 14.9. The number of nitrogens with one attached hydrogen (secondary N) is 1. The Hall–Kier alpha value is -2.61. The van der Waals surface area contributed by atoms with Gasteiger partial charge in [0.2, 0.25) is 5.91 Å². The molecule has 0 aromatic heterocycles. The van der Waals surface area contributed by atoms with Crippen LogP contribution < -0.4 is 10.1 Å². The molecule has 0 radical (unpaired) electrons. The van der Waals surface area contributed by atoms with Gasteiger partial charge >= 0.3 is 0 Å². The molecule has 2 N–H and O–H groups in total. The summed E-state index contributed by atoms with van der Waals surface area (Å²) in [5.41, 5.74) is 0.165. The number of non-ortho nitro benzene ring substituents is 1. The second-order valence-electron chi connectivity index (χ2n) is 5.25. The third-order valence-corrected chi connectivity index (χ3v) is 3.91. The number of carbonyl (C=O) groups is 1. The van der Waals surface area contributed by atoms with E-state index in [0.717, 1.165) is 10.2 Å². The van der Waals surface area contributed by atoms with Gasteiger partial charge in [-0.25, -0.2) is 0 Å². The maximum Gasteiger partial charge on any atom is 0.270 e. The lowest BCUT2D eigenvalue weighted by Gasteiger charge is -2.08. The Kier molecular flexibility index (Phi) is 6.76. The summed E-state index contributed by atoms with van der Waals surface area (Å²) in [5.74, 6) is 0.417. The van der Waals surface area contributed by atoms with Crippen LogP contribution in [0.3, 0.4) is 0 Å². The SMILES string of the molecule is O=C(CCCOc1ccc(Br)cc1)NCc1cc([N+](=O)[O-])ccc1O. The normalized spacial score (nSPS) is 10.3. The van der Waals surface area contributed by atoms with Gasteiger partial charge in [-0.05, 0) is 36.8 Å². The van der Waals surface area contributed by atoms with Gasteiger partial charge in [-0.2, -0.15) is 0 Å². The molecule has 0 aliphatic rings. The minimum absolute atomic E-state index is 0.0277. The zero-order chi connectivity index (χ0) is 18.2. The van der Waals surface area contributed by atoms with Gasteiger partial charge in [0.05, 0.1) is 11.5 Å². The summed E-state index contributed by atoms with van der Waals surface area (Å²) in [6.07, 6.45) is 0.787. The van der Waals surface area contributed by atoms with E-state index in [4.69, 9.17) is 4.74 Å². The number of amides is 1. The summed E-state index contributed by atoms with van der Waals surface area (Å²) in [7, 11) is 0. The Morgan fingerprint density at radius 1 is 1.24 bits per heavy atom. The van der Waals surface area contributed by atoms with Crippen molar-refractivity contribution in [3.05, 3.63) is 62.6 Å². The number of hydrogen-bond acceptors (Lipinski definition) is 5. The quantitative estimate of drug-likeness (QED) is 0.395. The number of benzene rings is 2. The number of carbonyl (C=O) groups excluding carboxylic acids is 1. The Morgan fingerprint density at radius 3 is 2.64 bits per heavy atom. The van der Waals surface area contributed by atoms with Crippen molar-refractivity contribution in [1.29, 1.82) is 0 Å². The molecule has 0 aliphatic heterocycles. The van der Waals surface area contributed by atoms with E-state index in [1.54, 1.807) is 0 Å². The average molecular weight is 409 g/mol. The molecule has 0 saturated carbocycles.